The number of nitrogens with one attached hydrogen (secondary N) is 2. The molecular formula is C34H33ClF6N4O6S3. The molecule has 5 rings (SSSR count). The third-order valence-corrected chi connectivity index (χ3v) is 14.7. The van der Waals surface area contributed by atoms with Crippen LogP contribution in [-0.4, -0.2) is 48.1 Å². The number of hydrogen-bond acceptors (Lipinski definition) is 9. The Kier molecular flexibility index (Phi) is 11.8. The molecule has 2 N–H and O–H groups in total. The molecular weight excluding hydrogens is 806 g/mol. The predicted octanol–water partition coefficient (Wildman–Crippen LogP) is 8.35. The smallest absolute Gasteiger partial charge is 0.309 e. The van der Waals surface area contributed by atoms with Crippen LogP contribution >= 0.6 is 22.9 Å². The Hall–Kier alpha value is -4.07. The van der Waals surface area contributed by atoms with Crippen molar-refractivity contribution in [3.63, 3.8) is 0 Å². The first-order valence-corrected chi connectivity index (χ1v) is 19.8. The summed E-state index contributed by atoms with van der Waals surface area (Å²) in [5.74, 6) is -2.21. The maximum Gasteiger partial charge on any atom is 0.433 e. The topological polar surface area (TPSA) is 152 Å². The van der Waals surface area contributed by atoms with Gasteiger partial charge >= 0.3 is 12.4 Å². The number of benzene rings is 2. The van der Waals surface area contributed by atoms with Crippen LogP contribution in [0.25, 0.3) is 0 Å². The van der Waals surface area contributed by atoms with Crippen molar-refractivity contribution >= 4 is 65.4 Å². The quantitative estimate of drug-likeness (QED) is 0.168. The Labute approximate surface area is 316 Å². The fourth-order valence-corrected chi connectivity index (χ4v) is 8.88. The Morgan fingerprint density at radius 1 is 0.778 bits per heavy atom. The number of anilines is 2. The summed E-state index contributed by atoms with van der Waals surface area (Å²) in [6.45, 7) is 8.89. The average molecular weight is 839 g/mol. The molecule has 2 aromatic heterocycles. The largest absolute Gasteiger partial charge is 0.433 e. The highest BCUT2D eigenvalue weighted by atomic mass is 35.5. The molecule has 292 valence electrons. The molecule has 0 spiro atoms. The molecule has 1 fully saturated rings. The van der Waals surface area contributed by atoms with Crippen LogP contribution < -0.4 is 10.6 Å². The minimum absolute atomic E-state index is 0.0477. The standard InChI is InChI=1S/C17H21ClN2O3S2.C17H12F6N2O3S/c1-16(2,3)13-10-19-15(24-13)20-14(21)17(4,5)25(22,23)12-8-6-11(18)7-9-12;18-16(19,20)10-4-6-11(7-5-10)29(27,28)15(8-9-15)14(26)25-13-3-1-2-12(24-13)17(21,22)23/h6-10H,1-5H3,(H,19,20,21);1-7H,8-9H2,(H,24,25,26). The summed E-state index contributed by atoms with van der Waals surface area (Å²) in [5.41, 5.74) is -2.42. The number of sulfone groups is 2. The van der Waals surface area contributed by atoms with Crippen molar-refractivity contribution < 1.29 is 52.8 Å². The highest BCUT2D eigenvalue weighted by Gasteiger charge is 2.61. The molecule has 1 saturated carbocycles. The monoisotopic (exact) mass is 838 g/mol. The molecule has 54 heavy (non-hydrogen) atoms. The first kappa shape index (κ1) is 42.7. The van der Waals surface area contributed by atoms with Crippen LogP contribution in [-0.2, 0) is 47.0 Å². The second-order valence-electron chi connectivity index (χ2n) is 13.6. The van der Waals surface area contributed by atoms with E-state index in [2.05, 4.69) is 20.6 Å². The minimum atomic E-state index is -4.76. The molecule has 0 radical (unpaired) electrons. The fraction of sp³-hybridized carbons (Fsp3) is 0.353. The van der Waals surface area contributed by atoms with E-state index in [-0.39, 0.29) is 23.2 Å². The number of carbonyl (C=O) groups excluding carboxylic acids is 2. The molecule has 20 heteroatoms. The highest BCUT2D eigenvalue weighted by molar-refractivity contribution is 7.94. The molecule has 0 bridgehead atoms. The number of aromatic nitrogens is 2. The Morgan fingerprint density at radius 2 is 1.33 bits per heavy atom. The van der Waals surface area contributed by atoms with Crippen LogP contribution in [0.5, 0.6) is 0 Å². The molecule has 0 atom stereocenters. The van der Waals surface area contributed by atoms with Gasteiger partial charge in [-0.2, -0.15) is 26.3 Å². The molecule has 10 nitrogen and oxygen atoms in total. The molecule has 2 heterocycles. The van der Waals surface area contributed by atoms with E-state index in [9.17, 15) is 52.8 Å². The van der Waals surface area contributed by atoms with Crippen molar-refractivity contribution in [1.82, 2.24) is 9.97 Å². The number of halogens is 7. The van der Waals surface area contributed by atoms with E-state index in [1.54, 1.807) is 6.20 Å². The van der Waals surface area contributed by atoms with Gasteiger partial charge in [-0.25, -0.2) is 26.8 Å². The molecule has 1 aliphatic rings. The normalized spacial score (nSPS) is 14.7. The van der Waals surface area contributed by atoms with Gasteiger partial charge in [-0.05, 0) is 92.8 Å². The zero-order valence-corrected chi connectivity index (χ0v) is 32.3. The van der Waals surface area contributed by atoms with Crippen molar-refractivity contribution in [2.75, 3.05) is 10.6 Å². The molecule has 2 amide bonds. The van der Waals surface area contributed by atoms with Gasteiger partial charge in [0.15, 0.2) is 29.6 Å². The van der Waals surface area contributed by atoms with Crippen molar-refractivity contribution in [3.8, 4) is 0 Å². The van der Waals surface area contributed by atoms with Gasteiger partial charge in [-0.3, -0.25) is 9.59 Å². The molecule has 0 aliphatic heterocycles. The summed E-state index contributed by atoms with van der Waals surface area (Å²) in [6, 6.07) is 11.1. The van der Waals surface area contributed by atoms with E-state index in [0.29, 0.717) is 28.4 Å². The van der Waals surface area contributed by atoms with Crippen molar-refractivity contribution in [2.24, 2.45) is 0 Å². The number of alkyl halides is 6. The lowest BCUT2D eigenvalue weighted by molar-refractivity contribution is -0.141. The first-order chi connectivity index (χ1) is 24.6. The van der Waals surface area contributed by atoms with E-state index in [1.165, 1.54) is 49.4 Å². The Morgan fingerprint density at radius 3 is 1.81 bits per heavy atom. The van der Waals surface area contributed by atoms with Gasteiger partial charge in [0.2, 0.25) is 11.8 Å². The van der Waals surface area contributed by atoms with Gasteiger partial charge in [0.05, 0.1) is 15.4 Å². The second kappa shape index (κ2) is 14.9. The lowest BCUT2D eigenvalue weighted by Gasteiger charge is -2.23. The van der Waals surface area contributed by atoms with Crippen molar-refractivity contribution in [3.05, 3.63) is 94.1 Å². The zero-order chi connectivity index (χ0) is 40.7. The molecule has 1 aliphatic carbocycles. The van der Waals surface area contributed by atoms with Gasteiger partial charge in [0.25, 0.3) is 0 Å². The van der Waals surface area contributed by atoms with E-state index in [1.807, 2.05) is 20.8 Å². The lowest BCUT2D eigenvalue weighted by Crippen LogP contribution is -2.44. The SMILES string of the molecule is CC(C)(C)c1cnc(NC(=O)C(C)(C)S(=O)(=O)c2ccc(Cl)cc2)s1.O=C(Nc1cccc(C(F)(F)F)n1)C1(S(=O)(=O)c2ccc(C(F)(F)F)cc2)CC1. The van der Waals surface area contributed by atoms with Crippen LogP contribution in [0.1, 0.15) is 63.6 Å². The first-order valence-electron chi connectivity index (χ1n) is 15.7. The summed E-state index contributed by atoms with van der Waals surface area (Å²) >= 11 is 7.14. The van der Waals surface area contributed by atoms with Crippen LogP contribution in [0.2, 0.25) is 5.02 Å². The van der Waals surface area contributed by atoms with Gasteiger partial charge in [0, 0.05) is 16.1 Å². The van der Waals surface area contributed by atoms with Crippen molar-refractivity contribution in [1.29, 1.82) is 0 Å². The van der Waals surface area contributed by atoms with Gasteiger partial charge < -0.3 is 10.6 Å². The number of carbonyl (C=O) groups is 2. The van der Waals surface area contributed by atoms with E-state index in [0.717, 1.165) is 29.1 Å². The molecule has 4 aromatic rings. The van der Waals surface area contributed by atoms with Gasteiger partial charge in [-0.15, -0.1) is 11.3 Å². The van der Waals surface area contributed by atoms with Crippen LogP contribution in [0.3, 0.4) is 0 Å². The number of hydrogen-bond donors (Lipinski definition) is 2. The third-order valence-electron chi connectivity index (χ3n) is 8.21. The maximum absolute atomic E-state index is 12.8. The average Bonchev–Trinajstić information content (AvgIpc) is 3.76. The summed E-state index contributed by atoms with van der Waals surface area (Å²) in [5, 5.41) is 5.50. The summed E-state index contributed by atoms with van der Waals surface area (Å²) in [6.07, 6.45) is -7.97. The third kappa shape index (κ3) is 9.06. The number of thiazole rings is 1. The van der Waals surface area contributed by atoms with Crippen LogP contribution in [0.4, 0.5) is 37.3 Å². The van der Waals surface area contributed by atoms with Gasteiger partial charge in [-0.1, -0.05) is 38.4 Å². The van der Waals surface area contributed by atoms with Crippen LogP contribution in [0, 0.1) is 0 Å². The van der Waals surface area contributed by atoms with E-state index < -0.39 is 75.3 Å². The van der Waals surface area contributed by atoms with Crippen molar-refractivity contribution in [2.45, 2.75) is 84.5 Å². The lowest BCUT2D eigenvalue weighted by atomic mass is 9.96. The van der Waals surface area contributed by atoms with E-state index in [4.69, 9.17) is 11.6 Å². The van der Waals surface area contributed by atoms with Gasteiger partial charge in [0.1, 0.15) is 16.3 Å². The number of pyridine rings is 1. The molecule has 0 unspecified atom stereocenters. The molecule has 0 saturated heterocycles. The minimum Gasteiger partial charge on any atom is -0.309 e. The zero-order valence-electron chi connectivity index (χ0n) is 29.1. The second-order valence-corrected chi connectivity index (χ2v) is 19.8. The Balaban J connectivity index is 0.000000244. The highest BCUT2D eigenvalue weighted by Crippen LogP contribution is 2.48. The maximum atomic E-state index is 12.8. The predicted molar refractivity (Wildman–Crippen MR) is 191 cm³/mol. The number of rotatable bonds is 8. The number of amides is 2. The fourth-order valence-electron chi connectivity index (χ4n) is 4.63. The molecule has 2 aromatic carbocycles. The summed E-state index contributed by atoms with van der Waals surface area (Å²) in [7, 11) is -8.27. The summed E-state index contributed by atoms with van der Waals surface area (Å²) < 4.78 is 124. The number of nitrogens with zero attached hydrogens (tertiary/aromatic N) is 2. The van der Waals surface area contributed by atoms with E-state index >= 15 is 0 Å². The van der Waals surface area contributed by atoms with Crippen LogP contribution in [0.15, 0.2) is 82.7 Å². The Bertz CT molecular complexity index is 2250. The summed E-state index contributed by atoms with van der Waals surface area (Å²) in [4.78, 5) is 33.1.